The Morgan fingerprint density at radius 3 is 1.85 bits per heavy atom. The highest BCUT2D eigenvalue weighted by atomic mass is 19.1. The number of piperazine rings is 1. The number of likely N-dealkylation sites (tertiary alicyclic amines) is 1. The Morgan fingerprint density at radius 1 is 0.848 bits per heavy atom. The molecular weight excluding hydrogens is 422 g/mol. The maximum Gasteiger partial charge on any atom is 0.320 e. The van der Waals surface area contributed by atoms with E-state index in [4.69, 9.17) is 0 Å². The molecule has 2 saturated heterocycles. The summed E-state index contributed by atoms with van der Waals surface area (Å²) >= 11 is 0. The van der Waals surface area contributed by atoms with Gasteiger partial charge in [-0.15, -0.1) is 0 Å². The first kappa shape index (κ1) is 23.6. The van der Waals surface area contributed by atoms with E-state index in [1.165, 1.54) is 24.3 Å². The summed E-state index contributed by atoms with van der Waals surface area (Å²) in [6.07, 6.45) is 2.20. The van der Waals surface area contributed by atoms with Crippen LogP contribution in [0.4, 0.5) is 13.6 Å². The topological polar surface area (TPSA) is 38.8 Å². The Morgan fingerprint density at radius 2 is 1.33 bits per heavy atom. The van der Waals surface area contributed by atoms with Gasteiger partial charge in [-0.25, -0.2) is 13.6 Å². The minimum atomic E-state index is -0.275. The molecule has 0 unspecified atom stereocenters. The molecule has 7 heteroatoms. The molecule has 33 heavy (non-hydrogen) atoms. The lowest BCUT2D eigenvalue weighted by atomic mass is 9.98. The minimum Gasteiger partial charge on any atom is -0.325 e. The average molecular weight is 457 g/mol. The molecule has 0 radical (unpaired) electrons. The van der Waals surface area contributed by atoms with E-state index in [0.29, 0.717) is 5.92 Å². The van der Waals surface area contributed by atoms with Crippen LogP contribution in [0.15, 0.2) is 48.5 Å². The fourth-order valence-electron chi connectivity index (χ4n) is 4.67. The van der Waals surface area contributed by atoms with E-state index in [1.807, 2.05) is 9.80 Å². The molecule has 0 aliphatic carbocycles. The van der Waals surface area contributed by atoms with Crippen molar-refractivity contribution in [3.8, 4) is 0 Å². The smallest absolute Gasteiger partial charge is 0.320 e. The molecule has 1 N–H and O–H groups in total. The van der Waals surface area contributed by atoms with Crippen molar-refractivity contribution >= 4 is 6.03 Å². The molecule has 0 bridgehead atoms. The van der Waals surface area contributed by atoms with Crippen LogP contribution in [0, 0.1) is 17.6 Å². The molecule has 0 saturated carbocycles. The second-order valence-electron chi connectivity index (χ2n) is 9.27. The van der Waals surface area contributed by atoms with Gasteiger partial charge in [0.2, 0.25) is 0 Å². The van der Waals surface area contributed by atoms with Gasteiger partial charge in [-0.2, -0.15) is 0 Å². The highest BCUT2D eigenvalue weighted by Crippen LogP contribution is 2.23. The first-order valence-corrected chi connectivity index (χ1v) is 12.0. The normalized spacial score (nSPS) is 18.2. The summed E-state index contributed by atoms with van der Waals surface area (Å²) in [5.74, 6) is 0.165. The summed E-state index contributed by atoms with van der Waals surface area (Å²) in [5, 5.41) is 3.55. The van der Waals surface area contributed by atoms with Crippen molar-refractivity contribution in [3.63, 3.8) is 0 Å². The van der Waals surface area contributed by atoms with Gasteiger partial charge in [-0.1, -0.05) is 31.2 Å². The predicted molar refractivity (Wildman–Crippen MR) is 126 cm³/mol. The third kappa shape index (κ3) is 6.30. The van der Waals surface area contributed by atoms with Crippen LogP contribution in [0.5, 0.6) is 0 Å². The number of carbonyl (C=O) groups is 1. The number of nitrogens with zero attached hydrogens (tertiary/aromatic N) is 3. The van der Waals surface area contributed by atoms with E-state index in [9.17, 15) is 13.6 Å². The summed E-state index contributed by atoms with van der Waals surface area (Å²) in [4.78, 5) is 19.2. The number of hydrogen-bond acceptors (Lipinski definition) is 3. The lowest BCUT2D eigenvalue weighted by Crippen LogP contribution is -2.54. The third-order valence-electron chi connectivity index (χ3n) is 6.88. The van der Waals surface area contributed by atoms with Crippen molar-refractivity contribution in [3.05, 3.63) is 71.3 Å². The van der Waals surface area contributed by atoms with Crippen molar-refractivity contribution in [1.82, 2.24) is 20.0 Å². The van der Waals surface area contributed by atoms with Crippen LogP contribution in [0.3, 0.4) is 0 Å². The van der Waals surface area contributed by atoms with Crippen LogP contribution >= 0.6 is 0 Å². The van der Waals surface area contributed by atoms with Crippen molar-refractivity contribution in [1.29, 1.82) is 0 Å². The molecule has 4 rings (SSSR count). The molecule has 5 nitrogen and oxygen atoms in total. The van der Waals surface area contributed by atoms with E-state index in [0.717, 1.165) is 76.3 Å². The molecule has 0 aromatic heterocycles. The zero-order chi connectivity index (χ0) is 23.2. The van der Waals surface area contributed by atoms with Gasteiger partial charge in [0.15, 0.2) is 0 Å². The van der Waals surface area contributed by atoms with Gasteiger partial charge < -0.3 is 15.1 Å². The summed E-state index contributed by atoms with van der Waals surface area (Å²) < 4.78 is 26.8. The first-order chi connectivity index (χ1) is 16.0. The second kappa shape index (κ2) is 11.1. The van der Waals surface area contributed by atoms with Gasteiger partial charge in [-0.3, -0.25) is 4.90 Å². The fraction of sp³-hybridized carbons (Fsp3) is 0.500. The van der Waals surface area contributed by atoms with E-state index < -0.39 is 0 Å². The molecule has 2 aromatic rings. The highest BCUT2D eigenvalue weighted by molar-refractivity contribution is 5.74. The van der Waals surface area contributed by atoms with E-state index in [-0.39, 0.29) is 23.7 Å². The number of amides is 2. The fourth-order valence-corrected chi connectivity index (χ4v) is 4.67. The Hall–Kier alpha value is -2.51. The number of piperidine rings is 1. The van der Waals surface area contributed by atoms with Crippen LogP contribution in [0.25, 0.3) is 0 Å². The lowest BCUT2D eigenvalue weighted by Gasteiger charge is -2.39. The molecule has 0 atom stereocenters. The van der Waals surface area contributed by atoms with E-state index in [1.54, 1.807) is 24.3 Å². The largest absolute Gasteiger partial charge is 0.325 e. The maximum atomic E-state index is 13.4. The van der Waals surface area contributed by atoms with E-state index >= 15 is 0 Å². The van der Waals surface area contributed by atoms with Crippen molar-refractivity contribution in [2.45, 2.75) is 25.8 Å². The number of benzene rings is 2. The Kier molecular flexibility index (Phi) is 7.93. The lowest BCUT2D eigenvalue weighted by molar-refractivity contribution is 0.102. The minimum absolute atomic E-state index is 0.143. The van der Waals surface area contributed by atoms with Gasteiger partial charge in [0.25, 0.3) is 0 Å². The summed E-state index contributed by atoms with van der Waals surface area (Å²) in [6.45, 7) is 8.81. The first-order valence-electron chi connectivity index (χ1n) is 12.0. The van der Waals surface area contributed by atoms with Gasteiger partial charge in [0.05, 0.1) is 6.04 Å². The molecule has 2 heterocycles. The third-order valence-corrected chi connectivity index (χ3v) is 6.88. The number of halogens is 2. The van der Waals surface area contributed by atoms with Crippen LogP contribution in [-0.2, 0) is 0 Å². The average Bonchev–Trinajstić information content (AvgIpc) is 2.84. The quantitative estimate of drug-likeness (QED) is 0.711. The zero-order valence-corrected chi connectivity index (χ0v) is 19.4. The molecular formula is C26H34F2N4O. The zero-order valence-electron chi connectivity index (χ0n) is 19.4. The monoisotopic (exact) mass is 456 g/mol. The molecule has 2 aliphatic rings. The Labute approximate surface area is 195 Å². The van der Waals surface area contributed by atoms with Crippen LogP contribution in [-0.4, -0.2) is 73.1 Å². The summed E-state index contributed by atoms with van der Waals surface area (Å²) in [5.41, 5.74) is 1.88. The van der Waals surface area contributed by atoms with Crippen LogP contribution in [0.2, 0.25) is 0 Å². The van der Waals surface area contributed by atoms with Gasteiger partial charge in [0, 0.05) is 52.4 Å². The molecule has 178 valence electrons. The van der Waals surface area contributed by atoms with Crippen molar-refractivity contribution in [2.24, 2.45) is 5.92 Å². The number of carbonyl (C=O) groups excluding carboxylic acids is 1. The van der Waals surface area contributed by atoms with Crippen molar-refractivity contribution in [2.75, 3.05) is 52.4 Å². The predicted octanol–water partition coefficient (Wildman–Crippen LogP) is 4.11. The number of rotatable bonds is 6. The Balaban J connectivity index is 1.28. The molecule has 2 amide bonds. The standard InChI is InChI=1S/C26H34F2N4O/c1-20-10-13-31(14-11-20)26(33)32-18-16-30(17-19-32)15-12-29-25(21-2-6-23(27)7-3-21)22-4-8-24(28)9-5-22/h2-9,20,25,29H,10-19H2,1H3. The van der Waals surface area contributed by atoms with Crippen LogP contribution in [0.1, 0.15) is 36.9 Å². The Bertz CT molecular complexity index is 844. The SMILES string of the molecule is CC1CCN(C(=O)N2CCN(CCNC(c3ccc(F)cc3)c3ccc(F)cc3)CC2)CC1. The number of hydrogen-bond donors (Lipinski definition) is 1. The van der Waals surface area contributed by atoms with E-state index in [2.05, 4.69) is 17.1 Å². The maximum absolute atomic E-state index is 13.4. The summed E-state index contributed by atoms with van der Waals surface area (Å²) in [6, 6.07) is 12.9. The van der Waals surface area contributed by atoms with Gasteiger partial charge in [-0.05, 0) is 54.2 Å². The molecule has 2 aromatic carbocycles. The number of urea groups is 1. The molecule has 2 aliphatic heterocycles. The summed E-state index contributed by atoms with van der Waals surface area (Å²) in [7, 11) is 0. The second-order valence-corrected chi connectivity index (χ2v) is 9.27. The van der Waals surface area contributed by atoms with Crippen molar-refractivity contribution < 1.29 is 13.6 Å². The molecule has 2 fully saturated rings. The van der Waals surface area contributed by atoms with Gasteiger partial charge in [0.1, 0.15) is 11.6 Å². The molecule has 0 spiro atoms. The number of nitrogens with one attached hydrogen (secondary N) is 1. The highest BCUT2D eigenvalue weighted by Gasteiger charge is 2.27. The van der Waals surface area contributed by atoms with Crippen LogP contribution < -0.4 is 5.32 Å². The van der Waals surface area contributed by atoms with Gasteiger partial charge >= 0.3 is 6.03 Å².